The number of hydrogen-bond donors (Lipinski definition) is 1. The molecule has 4 nitrogen and oxygen atoms in total. The second kappa shape index (κ2) is 7.61. The van der Waals surface area contributed by atoms with Crippen molar-refractivity contribution in [2.75, 3.05) is 20.2 Å². The Morgan fingerprint density at radius 1 is 1.40 bits per heavy atom. The van der Waals surface area contributed by atoms with Crippen LogP contribution in [-0.2, 0) is 0 Å². The third kappa shape index (κ3) is 4.77. The molecule has 1 aromatic carbocycles. The van der Waals surface area contributed by atoms with E-state index in [2.05, 4.69) is 4.99 Å². The molecule has 1 fully saturated rings. The van der Waals surface area contributed by atoms with E-state index in [1.54, 1.807) is 0 Å². The molecule has 0 aliphatic heterocycles. The first-order chi connectivity index (χ1) is 9.08. The van der Waals surface area contributed by atoms with Crippen LogP contribution >= 0.6 is 24.0 Å². The zero-order valence-electron chi connectivity index (χ0n) is 11.2. The largest absolute Gasteiger partial charge is 0.492 e. The quantitative estimate of drug-likeness (QED) is 0.359. The Kier molecular flexibility index (Phi) is 6.44. The highest BCUT2D eigenvalue weighted by atomic mass is 127. The van der Waals surface area contributed by atoms with E-state index in [9.17, 15) is 8.78 Å². The fraction of sp³-hybridized carbons (Fsp3) is 0.462. The molecule has 0 saturated heterocycles. The molecule has 0 heterocycles. The standard InChI is InChI=1S/C13H17F2N3O.HI/c1-18(9-2-3-9)13(16)17-6-7-19-10-4-5-11(14)12(15)8-10;/h4-5,8-9H,2-3,6-7H2,1H3,(H2,16,17);1H. The molecule has 112 valence electrons. The van der Waals surface area contributed by atoms with Gasteiger partial charge in [-0.05, 0) is 25.0 Å². The van der Waals surface area contributed by atoms with Gasteiger partial charge in [0.25, 0.3) is 0 Å². The third-order valence-electron chi connectivity index (χ3n) is 2.98. The molecule has 0 amide bonds. The van der Waals surface area contributed by atoms with Crippen molar-refractivity contribution in [2.45, 2.75) is 18.9 Å². The predicted octanol–water partition coefficient (Wildman–Crippen LogP) is 2.37. The van der Waals surface area contributed by atoms with Crippen LogP contribution in [-0.4, -0.2) is 37.1 Å². The van der Waals surface area contributed by atoms with Gasteiger partial charge in [0.05, 0.1) is 6.54 Å². The van der Waals surface area contributed by atoms with E-state index < -0.39 is 11.6 Å². The molecule has 2 rings (SSSR count). The zero-order valence-corrected chi connectivity index (χ0v) is 13.5. The van der Waals surface area contributed by atoms with E-state index in [0.29, 0.717) is 18.5 Å². The second-order valence-corrected chi connectivity index (χ2v) is 4.51. The number of nitrogens with two attached hydrogens (primary N) is 1. The highest BCUT2D eigenvalue weighted by Gasteiger charge is 2.27. The zero-order chi connectivity index (χ0) is 13.8. The minimum absolute atomic E-state index is 0. The van der Waals surface area contributed by atoms with Crippen LogP contribution in [0.3, 0.4) is 0 Å². The molecule has 1 aliphatic rings. The molecule has 0 atom stereocenters. The maximum Gasteiger partial charge on any atom is 0.191 e. The molecular formula is C13H18F2IN3O. The SMILES string of the molecule is CN(C(N)=NCCOc1ccc(F)c(F)c1)C1CC1.I. The summed E-state index contributed by atoms with van der Waals surface area (Å²) in [5.41, 5.74) is 5.79. The van der Waals surface area contributed by atoms with Crippen LogP contribution in [0, 0.1) is 11.6 Å². The van der Waals surface area contributed by atoms with Crippen molar-refractivity contribution in [3.8, 4) is 5.75 Å². The van der Waals surface area contributed by atoms with Crippen molar-refractivity contribution in [3.63, 3.8) is 0 Å². The minimum atomic E-state index is -0.922. The van der Waals surface area contributed by atoms with Crippen molar-refractivity contribution >= 4 is 29.9 Å². The number of nitrogens with zero attached hydrogens (tertiary/aromatic N) is 2. The van der Waals surface area contributed by atoms with E-state index >= 15 is 0 Å². The maximum absolute atomic E-state index is 12.9. The Balaban J connectivity index is 0.00000200. The van der Waals surface area contributed by atoms with Crippen molar-refractivity contribution in [1.29, 1.82) is 0 Å². The van der Waals surface area contributed by atoms with Crippen LogP contribution in [0.5, 0.6) is 5.75 Å². The maximum atomic E-state index is 12.9. The summed E-state index contributed by atoms with van der Waals surface area (Å²) in [6, 6.07) is 3.93. The van der Waals surface area contributed by atoms with Gasteiger partial charge in [-0.2, -0.15) is 0 Å². The lowest BCUT2D eigenvalue weighted by Gasteiger charge is -2.16. The van der Waals surface area contributed by atoms with Gasteiger partial charge in [0.2, 0.25) is 0 Å². The van der Waals surface area contributed by atoms with E-state index in [1.165, 1.54) is 6.07 Å². The van der Waals surface area contributed by atoms with Gasteiger partial charge >= 0.3 is 0 Å². The van der Waals surface area contributed by atoms with Gasteiger partial charge in [0.1, 0.15) is 12.4 Å². The molecule has 0 bridgehead atoms. The lowest BCUT2D eigenvalue weighted by molar-refractivity contribution is 0.324. The Bertz CT molecular complexity index is 481. The summed E-state index contributed by atoms with van der Waals surface area (Å²) in [6.45, 7) is 0.645. The molecule has 2 N–H and O–H groups in total. The Hall–Kier alpha value is -1.12. The average molecular weight is 397 g/mol. The lowest BCUT2D eigenvalue weighted by Crippen LogP contribution is -2.36. The van der Waals surface area contributed by atoms with Crippen LogP contribution in [0.25, 0.3) is 0 Å². The number of hydrogen-bond acceptors (Lipinski definition) is 2. The van der Waals surface area contributed by atoms with E-state index in [4.69, 9.17) is 10.5 Å². The predicted molar refractivity (Wildman–Crippen MR) is 84.5 cm³/mol. The van der Waals surface area contributed by atoms with Gasteiger partial charge in [-0.15, -0.1) is 24.0 Å². The third-order valence-corrected chi connectivity index (χ3v) is 2.98. The monoisotopic (exact) mass is 397 g/mol. The van der Waals surface area contributed by atoms with E-state index in [0.717, 1.165) is 25.0 Å². The first kappa shape index (κ1) is 16.9. The molecule has 0 aromatic heterocycles. The smallest absolute Gasteiger partial charge is 0.191 e. The van der Waals surface area contributed by atoms with Gasteiger partial charge in [0, 0.05) is 19.2 Å². The van der Waals surface area contributed by atoms with Crippen LogP contribution in [0.15, 0.2) is 23.2 Å². The first-order valence-corrected chi connectivity index (χ1v) is 6.18. The average Bonchev–Trinajstić information content (AvgIpc) is 3.22. The minimum Gasteiger partial charge on any atom is -0.492 e. The van der Waals surface area contributed by atoms with Crippen molar-refractivity contribution < 1.29 is 13.5 Å². The molecule has 0 unspecified atom stereocenters. The van der Waals surface area contributed by atoms with Crippen LogP contribution in [0.4, 0.5) is 8.78 Å². The van der Waals surface area contributed by atoms with Gasteiger partial charge in [-0.25, -0.2) is 13.8 Å². The highest BCUT2D eigenvalue weighted by molar-refractivity contribution is 14.0. The van der Waals surface area contributed by atoms with Crippen LogP contribution in [0.1, 0.15) is 12.8 Å². The number of halogens is 3. The Labute approximate surface area is 134 Å². The van der Waals surface area contributed by atoms with Gasteiger partial charge in [-0.1, -0.05) is 0 Å². The van der Waals surface area contributed by atoms with Gasteiger partial charge < -0.3 is 15.4 Å². The van der Waals surface area contributed by atoms with Crippen LogP contribution < -0.4 is 10.5 Å². The number of guanidine groups is 1. The number of benzene rings is 1. The summed E-state index contributed by atoms with van der Waals surface area (Å²) in [5.74, 6) is -1.05. The van der Waals surface area contributed by atoms with E-state index in [1.807, 2.05) is 11.9 Å². The summed E-state index contributed by atoms with van der Waals surface area (Å²) >= 11 is 0. The molecule has 0 spiro atoms. The summed E-state index contributed by atoms with van der Waals surface area (Å²) in [7, 11) is 1.91. The number of rotatable bonds is 5. The molecule has 1 aliphatic carbocycles. The highest BCUT2D eigenvalue weighted by Crippen LogP contribution is 2.24. The summed E-state index contributed by atoms with van der Waals surface area (Å²) in [5, 5.41) is 0. The lowest BCUT2D eigenvalue weighted by atomic mass is 10.3. The van der Waals surface area contributed by atoms with E-state index in [-0.39, 0.29) is 36.3 Å². The summed E-state index contributed by atoms with van der Waals surface area (Å²) in [4.78, 5) is 6.11. The Morgan fingerprint density at radius 3 is 2.70 bits per heavy atom. The summed E-state index contributed by atoms with van der Waals surface area (Å²) in [6.07, 6.45) is 2.30. The normalized spacial score (nSPS) is 14.7. The molecule has 1 saturated carbocycles. The second-order valence-electron chi connectivity index (χ2n) is 4.51. The molecular weight excluding hydrogens is 379 g/mol. The van der Waals surface area contributed by atoms with Gasteiger partial charge in [-0.3, -0.25) is 0 Å². The van der Waals surface area contributed by atoms with Crippen molar-refractivity contribution in [3.05, 3.63) is 29.8 Å². The molecule has 0 radical (unpaired) electrons. The molecule has 20 heavy (non-hydrogen) atoms. The molecule has 1 aromatic rings. The fourth-order valence-corrected chi connectivity index (χ4v) is 1.65. The fourth-order valence-electron chi connectivity index (χ4n) is 1.65. The van der Waals surface area contributed by atoms with Gasteiger partial charge in [0.15, 0.2) is 17.6 Å². The number of aliphatic imine (C=N–C) groups is 1. The number of ether oxygens (including phenoxy) is 1. The van der Waals surface area contributed by atoms with Crippen molar-refractivity contribution in [1.82, 2.24) is 4.90 Å². The summed E-state index contributed by atoms with van der Waals surface area (Å²) < 4.78 is 30.9. The topological polar surface area (TPSA) is 50.8 Å². The first-order valence-electron chi connectivity index (χ1n) is 6.18. The van der Waals surface area contributed by atoms with Crippen LogP contribution in [0.2, 0.25) is 0 Å². The molecule has 7 heteroatoms. The van der Waals surface area contributed by atoms with Crippen molar-refractivity contribution in [2.24, 2.45) is 10.7 Å². The Morgan fingerprint density at radius 2 is 2.10 bits per heavy atom.